The maximum Gasteiger partial charge on any atom is 0.272 e. The minimum absolute atomic E-state index is 0. The maximum absolute atomic E-state index is 12.7. The van der Waals surface area contributed by atoms with E-state index >= 15 is 0 Å². The summed E-state index contributed by atoms with van der Waals surface area (Å²) in [4.78, 5) is 25.7. The Bertz CT molecular complexity index is 532. The first-order valence-electron chi connectivity index (χ1n) is 8.80. The quantitative estimate of drug-likeness (QED) is 0.837. The summed E-state index contributed by atoms with van der Waals surface area (Å²) in [5, 5.41) is 3.21. The molecule has 6 nitrogen and oxygen atoms in total. The Hall–Kier alpha value is -1.11. The number of carbonyl (C=O) groups excluding carboxylic acids is 1. The topological polar surface area (TPSA) is 61.4 Å². The van der Waals surface area contributed by atoms with Crippen molar-refractivity contribution in [3.63, 3.8) is 0 Å². The van der Waals surface area contributed by atoms with E-state index in [1.165, 1.54) is 19.3 Å². The average Bonchev–Trinajstić information content (AvgIpc) is 3.14. The first-order valence-corrected chi connectivity index (χ1v) is 8.80. The SMILES string of the molecule is CNCCC1CCN(C(=O)c2ccnc(N3CCCC3)n2)CC1.Cl.Cl. The number of nitrogens with one attached hydrogen (secondary N) is 1. The van der Waals surface area contributed by atoms with Crippen LogP contribution in [0.5, 0.6) is 0 Å². The van der Waals surface area contributed by atoms with Crippen LogP contribution >= 0.6 is 24.8 Å². The number of hydrogen-bond donors (Lipinski definition) is 1. The molecule has 1 N–H and O–H groups in total. The summed E-state index contributed by atoms with van der Waals surface area (Å²) in [6.45, 7) is 4.74. The largest absolute Gasteiger partial charge is 0.341 e. The molecule has 0 spiro atoms. The standard InChI is InChI=1S/C17H27N5O.2ClH/c1-18-8-4-14-6-12-21(13-7-14)16(23)15-5-9-19-17(20-15)22-10-2-3-11-22;;/h5,9,14,18H,2-4,6-8,10-13H2,1H3;2*1H. The van der Waals surface area contributed by atoms with Gasteiger partial charge >= 0.3 is 0 Å². The summed E-state index contributed by atoms with van der Waals surface area (Å²) in [5.74, 6) is 1.49. The lowest BCUT2D eigenvalue weighted by atomic mass is 9.93. The first kappa shape index (κ1) is 21.9. The van der Waals surface area contributed by atoms with Gasteiger partial charge in [0.15, 0.2) is 0 Å². The third-order valence-corrected chi connectivity index (χ3v) is 4.96. The fourth-order valence-electron chi connectivity index (χ4n) is 3.47. The van der Waals surface area contributed by atoms with Crippen LogP contribution in [-0.2, 0) is 0 Å². The minimum atomic E-state index is 0. The van der Waals surface area contributed by atoms with Gasteiger partial charge in [0.05, 0.1) is 0 Å². The maximum atomic E-state index is 12.7. The molecule has 1 amide bonds. The second kappa shape index (κ2) is 10.8. The monoisotopic (exact) mass is 389 g/mol. The molecular formula is C17H29Cl2N5O. The molecule has 142 valence electrons. The number of piperidine rings is 1. The summed E-state index contributed by atoms with van der Waals surface area (Å²) >= 11 is 0. The highest BCUT2D eigenvalue weighted by Gasteiger charge is 2.25. The molecule has 8 heteroatoms. The number of halogens is 2. The molecule has 1 aromatic heterocycles. The van der Waals surface area contributed by atoms with Crippen LogP contribution in [0.3, 0.4) is 0 Å². The van der Waals surface area contributed by atoms with Gasteiger partial charge in [0.1, 0.15) is 5.69 Å². The molecule has 1 aromatic rings. The molecule has 0 saturated carbocycles. The molecule has 0 bridgehead atoms. The second-order valence-corrected chi connectivity index (χ2v) is 6.56. The Labute approximate surface area is 162 Å². The van der Waals surface area contributed by atoms with Crippen LogP contribution in [0.15, 0.2) is 12.3 Å². The molecule has 3 heterocycles. The Morgan fingerprint density at radius 3 is 2.52 bits per heavy atom. The van der Waals surface area contributed by atoms with Crippen LogP contribution in [0.2, 0.25) is 0 Å². The van der Waals surface area contributed by atoms with E-state index in [0.29, 0.717) is 11.6 Å². The van der Waals surface area contributed by atoms with E-state index in [0.717, 1.165) is 51.5 Å². The number of aromatic nitrogens is 2. The number of carbonyl (C=O) groups is 1. The van der Waals surface area contributed by atoms with E-state index in [2.05, 4.69) is 20.2 Å². The number of nitrogens with zero attached hydrogens (tertiary/aromatic N) is 4. The number of amides is 1. The van der Waals surface area contributed by atoms with E-state index in [1.54, 1.807) is 12.3 Å². The Balaban J connectivity index is 0.00000156. The third kappa shape index (κ3) is 5.69. The highest BCUT2D eigenvalue weighted by atomic mass is 35.5. The van der Waals surface area contributed by atoms with Crippen LogP contribution in [0, 0.1) is 5.92 Å². The third-order valence-electron chi connectivity index (χ3n) is 4.96. The van der Waals surface area contributed by atoms with Crippen LogP contribution in [0.4, 0.5) is 5.95 Å². The van der Waals surface area contributed by atoms with Crippen LogP contribution < -0.4 is 10.2 Å². The van der Waals surface area contributed by atoms with Crippen LogP contribution in [0.1, 0.15) is 42.6 Å². The van der Waals surface area contributed by atoms with Crippen molar-refractivity contribution in [2.75, 3.05) is 44.7 Å². The van der Waals surface area contributed by atoms with Gasteiger partial charge in [0.25, 0.3) is 5.91 Å². The summed E-state index contributed by atoms with van der Waals surface area (Å²) in [6, 6.07) is 1.75. The smallest absolute Gasteiger partial charge is 0.272 e. The second-order valence-electron chi connectivity index (χ2n) is 6.56. The fourth-order valence-corrected chi connectivity index (χ4v) is 3.47. The van der Waals surface area contributed by atoms with E-state index in [9.17, 15) is 4.79 Å². The lowest BCUT2D eigenvalue weighted by Crippen LogP contribution is -2.39. The zero-order chi connectivity index (χ0) is 16.1. The molecule has 2 fully saturated rings. The Morgan fingerprint density at radius 1 is 1.20 bits per heavy atom. The van der Waals surface area contributed by atoms with Crippen molar-refractivity contribution >= 4 is 36.7 Å². The fraction of sp³-hybridized carbons (Fsp3) is 0.706. The van der Waals surface area contributed by atoms with Crippen molar-refractivity contribution in [3.05, 3.63) is 18.0 Å². The molecular weight excluding hydrogens is 361 g/mol. The van der Waals surface area contributed by atoms with Crippen molar-refractivity contribution in [2.24, 2.45) is 5.92 Å². The van der Waals surface area contributed by atoms with Crippen molar-refractivity contribution in [2.45, 2.75) is 32.1 Å². The summed E-state index contributed by atoms with van der Waals surface area (Å²) < 4.78 is 0. The van der Waals surface area contributed by atoms with Gasteiger partial charge in [-0.3, -0.25) is 4.79 Å². The first-order chi connectivity index (χ1) is 11.3. The average molecular weight is 390 g/mol. The van der Waals surface area contributed by atoms with Crippen molar-refractivity contribution in [3.8, 4) is 0 Å². The van der Waals surface area contributed by atoms with Crippen molar-refractivity contribution in [1.29, 1.82) is 0 Å². The molecule has 0 aliphatic carbocycles. The van der Waals surface area contributed by atoms with Gasteiger partial charge in [0, 0.05) is 32.4 Å². The number of likely N-dealkylation sites (tertiary alicyclic amines) is 1. The van der Waals surface area contributed by atoms with Gasteiger partial charge in [0.2, 0.25) is 5.95 Å². The predicted octanol–water partition coefficient (Wildman–Crippen LogP) is 2.38. The summed E-state index contributed by atoms with van der Waals surface area (Å²) in [5.41, 5.74) is 0.538. The number of rotatable bonds is 5. The van der Waals surface area contributed by atoms with Gasteiger partial charge in [-0.25, -0.2) is 9.97 Å². The molecule has 2 aliphatic rings. The number of hydrogen-bond acceptors (Lipinski definition) is 5. The predicted molar refractivity (Wildman–Crippen MR) is 105 cm³/mol. The molecule has 0 aromatic carbocycles. The van der Waals surface area contributed by atoms with E-state index < -0.39 is 0 Å². The molecule has 0 atom stereocenters. The summed E-state index contributed by atoms with van der Waals surface area (Å²) in [7, 11) is 1.99. The van der Waals surface area contributed by atoms with Gasteiger partial charge in [-0.2, -0.15) is 0 Å². The normalized spacial score (nSPS) is 17.8. The van der Waals surface area contributed by atoms with Crippen LogP contribution in [-0.4, -0.2) is 60.5 Å². The molecule has 0 radical (unpaired) electrons. The Morgan fingerprint density at radius 2 is 1.88 bits per heavy atom. The minimum Gasteiger partial charge on any atom is -0.341 e. The van der Waals surface area contributed by atoms with E-state index in [-0.39, 0.29) is 30.7 Å². The van der Waals surface area contributed by atoms with Crippen molar-refractivity contribution < 1.29 is 4.79 Å². The summed E-state index contributed by atoms with van der Waals surface area (Å²) in [6.07, 6.45) is 7.47. The van der Waals surface area contributed by atoms with Gasteiger partial charge in [-0.1, -0.05) is 0 Å². The Kier molecular flexibility index (Phi) is 9.46. The molecule has 3 rings (SSSR count). The van der Waals surface area contributed by atoms with Crippen molar-refractivity contribution in [1.82, 2.24) is 20.2 Å². The van der Waals surface area contributed by atoms with E-state index in [1.807, 2.05) is 11.9 Å². The van der Waals surface area contributed by atoms with Gasteiger partial charge < -0.3 is 15.1 Å². The van der Waals surface area contributed by atoms with Gasteiger partial charge in [-0.05, 0) is 57.7 Å². The lowest BCUT2D eigenvalue weighted by molar-refractivity contribution is 0.0681. The highest BCUT2D eigenvalue weighted by Crippen LogP contribution is 2.22. The molecule has 2 saturated heterocycles. The van der Waals surface area contributed by atoms with Crippen LogP contribution in [0.25, 0.3) is 0 Å². The lowest BCUT2D eigenvalue weighted by Gasteiger charge is -2.32. The number of anilines is 1. The molecule has 25 heavy (non-hydrogen) atoms. The van der Waals surface area contributed by atoms with E-state index in [4.69, 9.17) is 0 Å². The molecule has 2 aliphatic heterocycles. The zero-order valence-electron chi connectivity index (χ0n) is 14.8. The van der Waals surface area contributed by atoms with Gasteiger partial charge in [-0.15, -0.1) is 24.8 Å². The zero-order valence-corrected chi connectivity index (χ0v) is 16.4. The molecule has 0 unspecified atom stereocenters. The highest BCUT2D eigenvalue weighted by molar-refractivity contribution is 5.92.